The Balaban J connectivity index is 1.99. The predicted molar refractivity (Wildman–Crippen MR) is 67.0 cm³/mol. The molecular weight excluding hydrogens is 254 g/mol. The molecule has 0 fully saturated rings. The van der Waals surface area contributed by atoms with Crippen molar-refractivity contribution in [1.82, 2.24) is 9.55 Å². The number of hydrogen-bond donors (Lipinski definition) is 1. The van der Waals surface area contributed by atoms with Crippen LogP contribution in [-0.4, -0.2) is 9.55 Å². The Morgan fingerprint density at radius 2 is 2.17 bits per heavy atom. The van der Waals surface area contributed by atoms with Gasteiger partial charge in [0, 0.05) is 24.5 Å². The highest BCUT2D eigenvalue weighted by atomic mass is 32.1. The van der Waals surface area contributed by atoms with Crippen molar-refractivity contribution in [3.8, 4) is 0 Å². The SMILES string of the molecule is Fc1cc(F)c2c(c1)CC(n1cc[nH]c1=S)CC2. The molecule has 1 N–H and O–H groups in total. The minimum atomic E-state index is -0.510. The molecule has 1 unspecified atom stereocenters. The smallest absolute Gasteiger partial charge is 0.177 e. The van der Waals surface area contributed by atoms with Crippen molar-refractivity contribution in [2.45, 2.75) is 25.3 Å². The number of halogens is 2. The largest absolute Gasteiger partial charge is 0.337 e. The van der Waals surface area contributed by atoms with Crippen molar-refractivity contribution >= 4 is 12.2 Å². The lowest BCUT2D eigenvalue weighted by atomic mass is 9.87. The van der Waals surface area contributed by atoms with Gasteiger partial charge in [0.15, 0.2) is 4.77 Å². The Labute approximate surface area is 108 Å². The third-order valence-corrected chi connectivity index (χ3v) is 3.83. The zero-order valence-corrected chi connectivity index (χ0v) is 10.4. The lowest BCUT2D eigenvalue weighted by Crippen LogP contribution is -2.19. The maximum Gasteiger partial charge on any atom is 0.177 e. The van der Waals surface area contributed by atoms with Crippen LogP contribution in [0.1, 0.15) is 23.6 Å². The Morgan fingerprint density at radius 3 is 2.89 bits per heavy atom. The molecule has 0 saturated heterocycles. The van der Waals surface area contributed by atoms with Gasteiger partial charge in [-0.25, -0.2) is 8.78 Å². The summed E-state index contributed by atoms with van der Waals surface area (Å²) in [4.78, 5) is 2.94. The highest BCUT2D eigenvalue weighted by Gasteiger charge is 2.23. The number of aromatic amines is 1. The Bertz CT molecular complexity index is 645. The molecule has 1 aliphatic carbocycles. The van der Waals surface area contributed by atoms with Crippen LogP contribution in [0.4, 0.5) is 8.78 Å². The molecule has 3 rings (SSSR count). The van der Waals surface area contributed by atoms with Crippen molar-refractivity contribution in [1.29, 1.82) is 0 Å². The summed E-state index contributed by atoms with van der Waals surface area (Å²) in [7, 11) is 0. The van der Waals surface area contributed by atoms with Crippen LogP contribution in [0.3, 0.4) is 0 Å². The second kappa shape index (κ2) is 4.31. The van der Waals surface area contributed by atoms with Gasteiger partial charge < -0.3 is 9.55 Å². The van der Waals surface area contributed by atoms with E-state index in [0.29, 0.717) is 23.2 Å². The first-order chi connectivity index (χ1) is 8.65. The molecule has 0 aliphatic heterocycles. The van der Waals surface area contributed by atoms with Gasteiger partial charge in [0.2, 0.25) is 0 Å². The first-order valence-corrected chi connectivity index (χ1v) is 6.28. The molecule has 18 heavy (non-hydrogen) atoms. The number of nitrogens with one attached hydrogen (secondary N) is 1. The summed E-state index contributed by atoms with van der Waals surface area (Å²) in [5.74, 6) is -0.939. The van der Waals surface area contributed by atoms with Gasteiger partial charge in [0.25, 0.3) is 0 Å². The van der Waals surface area contributed by atoms with E-state index < -0.39 is 11.6 Å². The first-order valence-electron chi connectivity index (χ1n) is 5.87. The topological polar surface area (TPSA) is 20.7 Å². The molecule has 2 nitrogen and oxygen atoms in total. The van der Waals surface area contributed by atoms with E-state index in [4.69, 9.17) is 12.2 Å². The fourth-order valence-electron chi connectivity index (χ4n) is 2.64. The quantitative estimate of drug-likeness (QED) is 0.783. The van der Waals surface area contributed by atoms with E-state index in [0.717, 1.165) is 18.1 Å². The van der Waals surface area contributed by atoms with Crippen LogP contribution in [0.5, 0.6) is 0 Å². The zero-order valence-electron chi connectivity index (χ0n) is 9.62. The summed E-state index contributed by atoms with van der Waals surface area (Å²) < 4.78 is 29.5. The molecule has 0 bridgehead atoms. The molecule has 1 aromatic heterocycles. The van der Waals surface area contributed by atoms with Crippen molar-refractivity contribution in [3.05, 3.63) is 52.1 Å². The normalized spacial score (nSPS) is 18.7. The summed E-state index contributed by atoms with van der Waals surface area (Å²) in [6.45, 7) is 0. The van der Waals surface area contributed by atoms with E-state index in [-0.39, 0.29) is 6.04 Å². The van der Waals surface area contributed by atoms with Gasteiger partial charge in [-0.3, -0.25) is 0 Å². The molecule has 0 saturated carbocycles. The number of nitrogens with zero attached hydrogens (tertiary/aromatic N) is 1. The predicted octanol–water partition coefficient (Wildman–Crippen LogP) is 3.55. The van der Waals surface area contributed by atoms with Crippen molar-refractivity contribution in [2.24, 2.45) is 0 Å². The van der Waals surface area contributed by atoms with E-state index in [1.807, 2.05) is 10.8 Å². The van der Waals surface area contributed by atoms with Gasteiger partial charge in [0.1, 0.15) is 11.6 Å². The third-order valence-electron chi connectivity index (χ3n) is 3.51. The van der Waals surface area contributed by atoms with Crippen molar-refractivity contribution in [3.63, 3.8) is 0 Å². The standard InChI is InChI=1S/C13H12F2N2S/c14-9-5-8-6-10(17-4-3-16-13(17)18)1-2-11(8)12(15)7-9/h3-5,7,10H,1-2,6H2,(H,16,18). The number of fused-ring (bicyclic) bond motifs is 1. The van der Waals surface area contributed by atoms with Crippen LogP contribution in [0, 0.1) is 16.4 Å². The Hall–Kier alpha value is -1.49. The number of aromatic nitrogens is 2. The van der Waals surface area contributed by atoms with Gasteiger partial charge in [0.05, 0.1) is 0 Å². The lowest BCUT2D eigenvalue weighted by molar-refractivity contribution is 0.425. The molecular formula is C13H12F2N2S. The molecule has 1 aliphatic rings. The average Bonchev–Trinajstić information content (AvgIpc) is 2.74. The van der Waals surface area contributed by atoms with Crippen LogP contribution in [0.15, 0.2) is 24.5 Å². The molecule has 1 heterocycles. The lowest BCUT2D eigenvalue weighted by Gasteiger charge is -2.26. The second-order valence-electron chi connectivity index (χ2n) is 4.59. The highest BCUT2D eigenvalue weighted by Crippen LogP contribution is 2.31. The summed E-state index contributed by atoms with van der Waals surface area (Å²) >= 11 is 5.18. The van der Waals surface area contributed by atoms with Gasteiger partial charge >= 0.3 is 0 Å². The number of benzene rings is 1. The summed E-state index contributed by atoms with van der Waals surface area (Å²) in [5.41, 5.74) is 1.40. The molecule has 1 atom stereocenters. The van der Waals surface area contributed by atoms with Crippen LogP contribution in [-0.2, 0) is 12.8 Å². The monoisotopic (exact) mass is 266 g/mol. The molecule has 2 aromatic rings. The molecule has 1 aromatic carbocycles. The maximum atomic E-state index is 13.6. The van der Waals surface area contributed by atoms with Crippen molar-refractivity contribution in [2.75, 3.05) is 0 Å². The minimum Gasteiger partial charge on any atom is -0.337 e. The van der Waals surface area contributed by atoms with Gasteiger partial charge in [-0.2, -0.15) is 0 Å². The molecule has 0 spiro atoms. The number of rotatable bonds is 1. The molecule has 0 amide bonds. The minimum absolute atomic E-state index is 0.178. The van der Waals surface area contributed by atoms with E-state index in [2.05, 4.69) is 4.98 Å². The van der Waals surface area contributed by atoms with Gasteiger partial charge in [-0.1, -0.05) is 0 Å². The summed E-state index contributed by atoms with van der Waals surface area (Å²) in [6, 6.07) is 2.57. The van der Waals surface area contributed by atoms with E-state index in [9.17, 15) is 8.78 Å². The summed E-state index contributed by atoms with van der Waals surface area (Å²) in [5, 5.41) is 0. The highest BCUT2D eigenvalue weighted by molar-refractivity contribution is 7.71. The van der Waals surface area contributed by atoms with E-state index >= 15 is 0 Å². The molecule has 5 heteroatoms. The Morgan fingerprint density at radius 1 is 1.33 bits per heavy atom. The average molecular weight is 266 g/mol. The first kappa shape index (κ1) is 11.6. The number of H-pyrrole nitrogens is 1. The van der Waals surface area contributed by atoms with E-state index in [1.165, 1.54) is 6.07 Å². The maximum absolute atomic E-state index is 13.6. The fraction of sp³-hybridized carbons (Fsp3) is 0.308. The second-order valence-corrected chi connectivity index (χ2v) is 4.98. The van der Waals surface area contributed by atoms with Gasteiger partial charge in [-0.15, -0.1) is 0 Å². The van der Waals surface area contributed by atoms with E-state index in [1.54, 1.807) is 6.20 Å². The third kappa shape index (κ3) is 1.88. The van der Waals surface area contributed by atoms with Crippen LogP contribution < -0.4 is 0 Å². The van der Waals surface area contributed by atoms with Gasteiger partial charge in [-0.05, 0) is 48.7 Å². The molecule has 0 radical (unpaired) electrons. The Kier molecular flexibility index (Phi) is 2.78. The van der Waals surface area contributed by atoms with Crippen LogP contribution in [0.25, 0.3) is 0 Å². The van der Waals surface area contributed by atoms with Crippen molar-refractivity contribution < 1.29 is 8.78 Å². The number of hydrogen-bond acceptors (Lipinski definition) is 1. The molecule has 94 valence electrons. The zero-order chi connectivity index (χ0) is 12.7. The fourth-order valence-corrected chi connectivity index (χ4v) is 2.92. The van der Waals surface area contributed by atoms with Crippen LogP contribution >= 0.6 is 12.2 Å². The number of imidazole rings is 1. The van der Waals surface area contributed by atoms with Crippen LogP contribution in [0.2, 0.25) is 0 Å². The summed E-state index contributed by atoms with van der Waals surface area (Å²) in [6.07, 6.45) is 5.73.